The molecule has 0 radical (unpaired) electrons. The number of methoxy groups -OCH3 is 1. The van der Waals surface area contributed by atoms with Crippen LogP contribution in [0.2, 0.25) is 0 Å². The molecule has 3 heterocycles. The first kappa shape index (κ1) is 12.6. The summed E-state index contributed by atoms with van der Waals surface area (Å²) in [6.07, 6.45) is 3.96. The van der Waals surface area contributed by atoms with Gasteiger partial charge in [0.05, 0.1) is 12.6 Å². The van der Waals surface area contributed by atoms with E-state index in [-0.39, 0.29) is 6.04 Å². The Labute approximate surface area is 112 Å². The standard InChI is InChI=1S/C14H20N4O/c1-9-13(12(8-19-3)17-16-9)10-4-6-15-14-11(10)5-7-18(14)2/h4-7,9,12-13,16-17H,8H2,1-3H3. The second-order valence-electron chi connectivity index (χ2n) is 5.23. The topological polar surface area (TPSA) is 51.1 Å². The minimum atomic E-state index is 0.283. The number of hydrogen-bond acceptors (Lipinski definition) is 4. The largest absolute Gasteiger partial charge is 0.383 e. The molecule has 5 heteroatoms. The van der Waals surface area contributed by atoms with E-state index in [0.717, 1.165) is 5.65 Å². The van der Waals surface area contributed by atoms with Crippen molar-refractivity contribution in [1.82, 2.24) is 20.4 Å². The molecule has 0 bridgehead atoms. The predicted octanol–water partition coefficient (Wildman–Crippen LogP) is 1.17. The van der Waals surface area contributed by atoms with Crippen molar-refractivity contribution >= 4 is 11.0 Å². The summed E-state index contributed by atoms with van der Waals surface area (Å²) >= 11 is 0. The van der Waals surface area contributed by atoms with E-state index in [9.17, 15) is 0 Å². The Morgan fingerprint density at radius 2 is 2.21 bits per heavy atom. The minimum absolute atomic E-state index is 0.283. The highest BCUT2D eigenvalue weighted by Crippen LogP contribution is 2.32. The van der Waals surface area contributed by atoms with Crippen LogP contribution < -0.4 is 10.9 Å². The molecule has 2 N–H and O–H groups in total. The molecule has 0 spiro atoms. The first-order chi connectivity index (χ1) is 9.22. The normalized spacial score (nSPS) is 27.2. The fraction of sp³-hybridized carbons (Fsp3) is 0.500. The Bertz CT molecular complexity index is 578. The molecular weight excluding hydrogens is 240 g/mol. The van der Waals surface area contributed by atoms with Crippen LogP contribution in [-0.4, -0.2) is 35.4 Å². The molecule has 0 amide bonds. The molecule has 1 saturated heterocycles. The van der Waals surface area contributed by atoms with Gasteiger partial charge in [-0.3, -0.25) is 10.9 Å². The molecule has 0 aliphatic carbocycles. The maximum atomic E-state index is 5.32. The van der Waals surface area contributed by atoms with Crippen molar-refractivity contribution in [3.63, 3.8) is 0 Å². The number of hydrogen-bond donors (Lipinski definition) is 2. The Balaban J connectivity index is 2.07. The summed E-state index contributed by atoms with van der Waals surface area (Å²) < 4.78 is 7.38. The van der Waals surface area contributed by atoms with Gasteiger partial charge in [-0.15, -0.1) is 0 Å². The molecule has 0 saturated carbocycles. The summed E-state index contributed by atoms with van der Waals surface area (Å²) in [5.74, 6) is 0.382. The molecule has 1 aliphatic rings. The van der Waals surface area contributed by atoms with Gasteiger partial charge in [0.1, 0.15) is 5.65 Å². The second kappa shape index (κ2) is 4.92. The summed E-state index contributed by atoms with van der Waals surface area (Å²) in [7, 11) is 3.77. The average molecular weight is 260 g/mol. The number of pyridine rings is 1. The maximum Gasteiger partial charge on any atom is 0.139 e. The maximum absolute atomic E-state index is 5.32. The number of rotatable bonds is 3. The zero-order valence-electron chi connectivity index (χ0n) is 11.6. The lowest BCUT2D eigenvalue weighted by Crippen LogP contribution is -2.35. The van der Waals surface area contributed by atoms with E-state index in [1.54, 1.807) is 7.11 Å². The molecule has 5 nitrogen and oxygen atoms in total. The zero-order chi connectivity index (χ0) is 13.4. The van der Waals surface area contributed by atoms with E-state index in [1.165, 1.54) is 10.9 Å². The number of aryl methyl sites for hydroxylation is 1. The number of ether oxygens (including phenoxy) is 1. The first-order valence-corrected chi connectivity index (χ1v) is 6.62. The van der Waals surface area contributed by atoms with E-state index in [4.69, 9.17) is 4.74 Å². The van der Waals surface area contributed by atoms with E-state index in [0.29, 0.717) is 18.6 Å². The molecule has 3 unspecified atom stereocenters. The lowest BCUT2D eigenvalue weighted by atomic mass is 9.87. The van der Waals surface area contributed by atoms with Gasteiger partial charge in [-0.2, -0.15) is 0 Å². The lowest BCUT2D eigenvalue weighted by Gasteiger charge is -2.21. The monoisotopic (exact) mass is 260 g/mol. The third-order valence-corrected chi connectivity index (χ3v) is 3.98. The van der Waals surface area contributed by atoms with Gasteiger partial charge in [-0.25, -0.2) is 4.98 Å². The number of nitrogens with zero attached hydrogens (tertiary/aromatic N) is 2. The summed E-state index contributed by atoms with van der Waals surface area (Å²) in [5.41, 5.74) is 9.01. The van der Waals surface area contributed by atoms with Gasteiger partial charge in [-0.1, -0.05) is 0 Å². The molecular formula is C14H20N4O. The number of hydrazine groups is 1. The molecule has 1 aliphatic heterocycles. The predicted molar refractivity (Wildman–Crippen MR) is 74.9 cm³/mol. The van der Waals surface area contributed by atoms with Crippen molar-refractivity contribution in [3.8, 4) is 0 Å². The summed E-state index contributed by atoms with van der Waals surface area (Å²) in [6, 6.07) is 4.92. The van der Waals surface area contributed by atoms with Gasteiger partial charge >= 0.3 is 0 Å². The van der Waals surface area contributed by atoms with Crippen LogP contribution >= 0.6 is 0 Å². The Hall–Kier alpha value is -1.43. The fourth-order valence-corrected chi connectivity index (χ4v) is 3.05. The SMILES string of the molecule is COCC1NNC(C)C1c1ccnc2c1ccn2C. The van der Waals surface area contributed by atoms with E-state index >= 15 is 0 Å². The first-order valence-electron chi connectivity index (χ1n) is 6.62. The fourth-order valence-electron chi connectivity index (χ4n) is 3.05. The molecule has 2 aromatic heterocycles. The number of nitrogens with one attached hydrogen (secondary N) is 2. The van der Waals surface area contributed by atoms with E-state index in [1.807, 2.05) is 13.2 Å². The van der Waals surface area contributed by atoms with Crippen LogP contribution in [0.3, 0.4) is 0 Å². The van der Waals surface area contributed by atoms with Crippen molar-refractivity contribution in [2.24, 2.45) is 7.05 Å². The molecule has 0 aromatic carbocycles. The highest BCUT2D eigenvalue weighted by molar-refractivity contribution is 5.80. The van der Waals surface area contributed by atoms with Crippen LogP contribution in [0, 0.1) is 0 Å². The quantitative estimate of drug-likeness (QED) is 0.870. The van der Waals surface area contributed by atoms with Gasteiger partial charge < -0.3 is 9.30 Å². The third-order valence-electron chi connectivity index (χ3n) is 3.98. The van der Waals surface area contributed by atoms with Gasteiger partial charge in [-0.05, 0) is 24.6 Å². The van der Waals surface area contributed by atoms with Crippen molar-refractivity contribution in [3.05, 3.63) is 30.1 Å². The van der Waals surface area contributed by atoms with Gasteiger partial charge in [0.25, 0.3) is 0 Å². The second-order valence-corrected chi connectivity index (χ2v) is 5.23. The highest BCUT2D eigenvalue weighted by atomic mass is 16.5. The molecule has 3 atom stereocenters. The van der Waals surface area contributed by atoms with Crippen molar-refractivity contribution < 1.29 is 4.74 Å². The molecule has 102 valence electrons. The van der Waals surface area contributed by atoms with Crippen molar-refractivity contribution in [1.29, 1.82) is 0 Å². The van der Waals surface area contributed by atoms with E-state index in [2.05, 4.69) is 45.7 Å². The third kappa shape index (κ3) is 2.04. The molecule has 19 heavy (non-hydrogen) atoms. The van der Waals surface area contributed by atoms with Crippen LogP contribution in [0.1, 0.15) is 18.4 Å². The van der Waals surface area contributed by atoms with E-state index < -0.39 is 0 Å². The Morgan fingerprint density at radius 1 is 1.37 bits per heavy atom. The van der Waals surface area contributed by atoms with Crippen LogP contribution in [0.25, 0.3) is 11.0 Å². The summed E-state index contributed by atoms with van der Waals surface area (Å²) in [4.78, 5) is 4.46. The summed E-state index contributed by atoms with van der Waals surface area (Å²) in [5, 5.41) is 1.23. The molecule has 2 aromatic rings. The molecule has 3 rings (SSSR count). The van der Waals surface area contributed by atoms with Crippen LogP contribution in [0.4, 0.5) is 0 Å². The smallest absolute Gasteiger partial charge is 0.139 e. The lowest BCUT2D eigenvalue weighted by molar-refractivity contribution is 0.165. The minimum Gasteiger partial charge on any atom is -0.383 e. The highest BCUT2D eigenvalue weighted by Gasteiger charge is 2.35. The number of fused-ring (bicyclic) bond motifs is 1. The Morgan fingerprint density at radius 3 is 3.00 bits per heavy atom. The zero-order valence-corrected chi connectivity index (χ0v) is 11.6. The number of aromatic nitrogens is 2. The van der Waals surface area contributed by atoms with Crippen LogP contribution in [-0.2, 0) is 11.8 Å². The van der Waals surface area contributed by atoms with Gasteiger partial charge in [0.2, 0.25) is 0 Å². The van der Waals surface area contributed by atoms with Crippen molar-refractivity contribution in [2.75, 3.05) is 13.7 Å². The van der Waals surface area contributed by atoms with Crippen LogP contribution in [0.15, 0.2) is 24.5 Å². The van der Waals surface area contributed by atoms with Crippen LogP contribution in [0.5, 0.6) is 0 Å². The molecule has 1 fully saturated rings. The Kier molecular flexibility index (Phi) is 3.26. The summed E-state index contributed by atoms with van der Waals surface area (Å²) in [6.45, 7) is 2.89. The van der Waals surface area contributed by atoms with Crippen molar-refractivity contribution in [2.45, 2.75) is 24.9 Å². The average Bonchev–Trinajstić information content (AvgIpc) is 2.95. The van der Waals surface area contributed by atoms with Gasteiger partial charge in [0.15, 0.2) is 0 Å². The van der Waals surface area contributed by atoms with Gasteiger partial charge in [0, 0.05) is 43.9 Å².